The molecule has 1 aromatic carbocycles. The average molecular weight is 379 g/mol. The Labute approximate surface area is 156 Å². The lowest BCUT2D eigenvalue weighted by molar-refractivity contribution is 0.155. The molecule has 1 aliphatic carbocycles. The number of methoxy groups -OCH3 is 3. The van der Waals surface area contributed by atoms with Crippen LogP contribution < -0.4 is 19.5 Å². The number of benzene rings is 1. The largest absolute Gasteiger partial charge is 0.493 e. The van der Waals surface area contributed by atoms with E-state index in [1.165, 1.54) is 18.4 Å². The summed E-state index contributed by atoms with van der Waals surface area (Å²) in [6, 6.07) is 4.69. The van der Waals surface area contributed by atoms with Gasteiger partial charge in [0.05, 0.1) is 21.3 Å². The summed E-state index contributed by atoms with van der Waals surface area (Å²) in [6.07, 6.45) is 2.62. The van der Waals surface area contributed by atoms with E-state index in [2.05, 4.69) is 22.3 Å². The second-order valence-electron chi connectivity index (χ2n) is 6.03. The third-order valence-electron chi connectivity index (χ3n) is 4.64. The van der Waals surface area contributed by atoms with Crippen LogP contribution in [0.3, 0.4) is 0 Å². The Bertz CT molecular complexity index is 496. The maximum absolute atomic E-state index is 5.52. The fourth-order valence-electron chi connectivity index (χ4n) is 3.43. The van der Waals surface area contributed by atoms with E-state index in [9.17, 15) is 0 Å². The van der Waals surface area contributed by atoms with Gasteiger partial charge in [-0.1, -0.05) is 0 Å². The molecule has 2 fully saturated rings. The lowest BCUT2D eigenvalue weighted by Gasteiger charge is -2.35. The van der Waals surface area contributed by atoms with Gasteiger partial charge < -0.3 is 19.5 Å². The molecule has 3 rings (SSSR count). The second-order valence-corrected chi connectivity index (χ2v) is 6.03. The van der Waals surface area contributed by atoms with E-state index in [0.717, 1.165) is 43.6 Å². The highest BCUT2D eigenvalue weighted by Gasteiger charge is 2.37. The summed E-state index contributed by atoms with van der Waals surface area (Å²) >= 11 is 0. The zero-order chi connectivity index (χ0) is 15.5. The summed E-state index contributed by atoms with van der Waals surface area (Å²) in [5.41, 5.74) is 1.28. The van der Waals surface area contributed by atoms with Crippen LogP contribution in [0.2, 0.25) is 0 Å². The second kappa shape index (κ2) is 9.56. The van der Waals surface area contributed by atoms with Crippen molar-refractivity contribution < 1.29 is 14.2 Å². The summed E-state index contributed by atoms with van der Waals surface area (Å²) in [4.78, 5) is 2.59. The van der Waals surface area contributed by atoms with E-state index >= 15 is 0 Å². The van der Waals surface area contributed by atoms with E-state index in [4.69, 9.17) is 14.2 Å². The molecule has 0 spiro atoms. The fourth-order valence-corrected chi connectivity index (χ4v) is 3.43. The van der Waals surface area contributed by atoms with Gasteiger partial charge in [-0.25, -0.2) is 0 Å². The minimum Gasteiger partial charge on any atom is -0.493 e. The van der Waals surface area contributed by atoms with Crippen molar-refractivity contribution in [3.8, 4) is 17.2 Å². The van der Waals surface area contributed by atoms with Crippen LogP contribution in [0.15, 0.2) is 12.1 Å². The smallest absolute Gasteiger partial charge is 0.203 e. The first-order valence-electron chi connectivity index (χ1n) is 8.03. The van der Waals surface area contributed by atoms with E-state index in [0.29, 0.717) is 11.8 Å². The zero-order valence-electron chi connectivity index (χ0n) is 14.5. The molecule has 0 radical (unpaired) electrons. The van der Waals surface area contributed by atoms with Gasteiger partial charge in [0.1, 0.15) is 0 Å². The van der Waals surface area contributed by atoms with Gasteiger partial charge in [0.25, 0.3) is 0 Å². The third-order valence-corrected chi connectivity index (χ3v) is 4.64. The number of nitrogens with one attached hydrogen (secondary N) is 1. The molecule has 5 nitrogen and oxygen atoms in total. The summed E-state index contributed by atoms with van der Waals surface area (Å²) in [5.74, 6) is 2.92. The summed E-state index contributed by atoms with van der Waals surface area (Å²) in [6.45, 7) is 4.32. The molecule has 1 aliphatic heterocycles. The number of nitrogens with zero attached hydrogens (tertiary/aromatic N) is 1. The highest BCUT2D eigenvalue weighted by Crippen LogP contribution is 2.48. The van der Waals surface area contributed by atoms with Gasteiger partial charge >= 0.3 is 0 Å². The van der Waals surface area contributed by atoms with Crippen LogP contribution >= 0.6 is 24.8 Å². The lowest BCUT2D eigenvalue weighted by Crippen LogP contribution is -2.45. The van der Waals surface area contributed by atoms with Crippen LogP contribution in [-0.4, -0.2) is 52.4 Å². The highest BCUT2D eigenvalue weighted by molar-refractivity contribution is 5.85. The molecule has 1 N–H and O–H groups in total. The zero-order valence-corrected chi connectivity index (χ0v) is 16.2. The Morgan fingerprint density at radius 1 is 0.958 bits per heavy atom. The first kappa shape index (κ1) is 21.2. The van der Waals surface area contributed by atoms with Crippen LogP contribution in [0.1, 0.15) is 24.4 Å². The van der Waals surface area contributed by atoms with Crippen LogP contribution in [0.4, 0.5) is 0 Å². The van der Waals surface area contributed by atoms with E-state index < -0.39 is 0 Å². The molecule has 1 atom stereocenters. The van der Waals surface area contributed by atoms with E-state index in [-0.39, 0.29) is 24.8 Å². The Morgan fingerprint density at radius 2 is 1.50 bits per heavy atom. The molecule has 7 heteroatoms. The van der Waals surface area contributed by atoms with Crippen molar-refractivity contribution in [1.29, 1.82) is 0 Å². The SMILES string of the molecule is COc1cc([C@H](C2CC2)N2CCNCC2)cc(OC)c1OC.Cl.Cl. The van der Waals surface area contributed by atoms with Gasteiger partial charge in [-0.2, -0.15) is 0 Å². The van der Waals surface area contributed by atoms with Gasteiger partial charge in [0.2, 0.25) is 5.75 Å². The molecule has 0 aromatic heterocycles. The molecule has 0 unspecified atom stereocenters. The number of hydrogen-bond donors (Lipinski definition) is 1. The number of rotatable bonds is 6. The monoisotopic (exact) mass is 378 g/mol. The molecular weight excluding hydrogens is 351 g/mol. The molecule has 0 bridgehead atoms. The predicted octanol–water partition coefficient (Wildman–Crippen LogP) is 2.91. The summed E-state index contributed by atoms with van der Waals surface area (Å²) < 4.78 is 16.5. The topological polar surface area (TPSA) is 43.0 Å². The Hall–Kier alpha value is -0.880. The first-order chi connectivity index (χ1) is 10.8. The number of piperazine rings is 1. The summed E-state index contributed by atoms with van der Waals surface area (Å²) in [5, 5.41) is 3.43. The quantitative estimate of drug-likeness (QED) is 0.824. The molecule has 2 aliphatic rings. The van der Waals surface area contributed by atoms with Gasteiger partial charge in [-0.3, -0.25) is 4.90 Å². The van der Waals surface area contributed by atoms with Crippen molar-refractivity contribution in [3.05, 3.63) is 17.7 Å². The first-order valence-corrected chi connectivity index (χ1v) is 8.03. The van der Waals surface area contributed by atoms with Crippen molar-refractivity contribution in [2.24, 2.45) is 5.92 Å². The maximum atomic E-state index is 5.52. The minimum atomic E-state index is 0. The van der Waals surface area contributed by atoms with Crippen molar-refractivity contribution in [1.82, 2.24) is 10.2 Å². The molecule has 1 saturated carbocycles. The Kier molecular flexibility index (Phi) is 8.43. The number of halogens is 2. The minimum absolute atomic E-state index is 0. The van der Waals surface area contributed by atoms with Crippen LogP contribution in [0, 0.1) is 5.92 Å². The van der Waals surface area contributed by atoms with Gasteiger partial charge in [0, 0.05) is 32.2 Å². The number of hydrogen-bond acceptors (Lipinski definition) is 5. The Balaban J connectivity index is 0.00000144. The average Bonchev–Trinajstić information content (AvgIpc) is 3.40. The molecule has 1 aromatic rings. The van der Waals surface area contributed by atoms with Crippen molar-refractivity contribution in [2.45, 2.75) is 18.9 Å². The normalized spacial score (nSPS) is 18.8. The molecular formula is C17H28Cl2N2O3. The fraction of sp³-hybridized carbons (Fsp3) is 0.647. The van der Waals surface area contributed by atoms with Crippen molar-refractivity contribution in [3.63, 3.8) is 0 Å². The molecule has 1 heterocycles. The molecule has 138 valence electrons. The van der Waals surface area contributed by atoms with Crippen LogP contribution in [-0.2, 0) is 0 Å². The van der Waals surface area contributed by atoms with E-state index in [1.54, 1.807) is 21.3 Å². The van der Waals surface area contributed by atoms with Gasteiger partial charge in [0.15, 0.2) is 11.5 Å². The van der Waals surface area contributed by atoms with Crippen LogP contribution in [0.5, 0.6) is 17.2 Å². The van der Waals surface area contributed by atoms with Crippen molar-refractivity contribution >= 4 is 24.8 Å². The third kappa shape index (κ3) is 4.39. The number of ether oxygens (including phenoxy) is 3. The highest BCUT2D eigenvalue weighted by atomic mass is 35.5. The van der Waals surface area contributed by atoms with Crippen LogP contribution in [0.25, 0.3) is 0 Å². The van der Waals surface area contributed by atoms with Gasteiger partial charge in [-0.15, -0.1) is 24.8 Å². The van der Waals surface area contributed by atoms with Crippen molar-refractivity contribution in [2.75, 3.05) is 47.5 Å². The molecule has 0 amide bonds. The summed E-state index contributed by atoms with van der Waals surface area (Å²) in [7, 11) is 5.00. The predicted molar refractivity (Wildman–Crippen MR) is 101 cm³/mol. The standard InChI is InChI=1S/C17H26N2O3.2ClH/c1-20-14-10-13(11-15(21-2)17(14)22-3)16(12-4-5-12)19-8-6-18-7-9-19;;/h10-12,16,18H,4-9H2,1-3H3;2*1H/t16-;;/m0../s1. The van der Waals surface area contributed by atoms with Gasteiger partial charge in [-0.05, 0) is 36.5 Å². The van der Waals surface area contributed by atoms with E-state index in [1.807, 2.05) is 0 Å². The molecule has 24 heavy (non-hydrogen) atoms. The lowest BCUT2D eigenvalue weighted by atomic mass is 9.98. The Morgan fingerprint density at radius 3 is 1.92 bits per heavy atom. The maximum Gasteiger partial charge on any atom is 0.203 e. The molecule has 1 saturated heterocycles.